The molecule has 2 aliphatic carbocycles. The molecular weight excluding hydrogens is 290 g/mol. The number of nitrogens with one attached hydrogen (secondary N) is 1. The van der Waals surface area contributed by atoms with Crippen molar-refractivity contribution in [1.82, 2.24) is 14.9 Å². The van der Waals surface area contributed by atoms with Gasteiger partial charge in [-0.2, -0.15) is 0 Å². The van der Waals surface area contributed by atoms with E-state index in [0.717, 1.165) is 36.9 Å². The molecule has 2 bridgehead atoms. The number of aromatic amines is 1. The average Bonchev–Trinajstić information content (AvgIpc) is 3.13. The van der Waals surface area contributed by atoms with Gasteiger partial charge in [0.2, 0.25) is 5.91 Å². The zero-order valence-corrected chi connectivity index (χ0v) is 13.6. The Balaban J connectivity index is 1.46. The molecule has 3 fully saturated rings. The van der Waals surface area contributed by atoms with Gasteiger partial charge in [0.05, 0.1) is 5.69 Å². The van der Waals surface area contributed by atoms with E-state index in [1.807, 2.05) is 6.92 Å². The molecule has 5 rings (SSSR count). The minimum absolute atomic E-state index is 0.00525. The molecule has 5 nitrogen and oxygen atoms in total. The maximum atomic E-state index is 13.1. The number of aromatic nitrogens is 2. The van der Waals surface area contributed by atoms with Gasteiger partial charge in [0.15, 0.2) is 0 Å². The molecule has 122 valence electrons. The summed E-state index contributed by atoms with van der Waals surface area (Å²) in [4.78, 5) is 35.0. The SMILES string of the molecule is Cc1nc2c(c(=O)[nH]1)CC1CCC(C2)N1C(=O)C1CC12CCC2. The maximum Gasteiger partial charge on any atom is 0.254 e. The number of hydrogen-bond acceptors (Lipinski definition) is 3. The van der Waals surface area contributed by atoms with E-state index in [4.69, 9.17) is 0 Å². The number of carbonyl (C=O) groups excluding carboxylic acids is 1. The largest absolute Gasteiger partial charge is 0.336 e. The van der Waals surface area contributed by atoms with E-state index in [1.165, 1.54) is 19.3 Å². The summed E-state index contributed by atoms with van der Waals surface area (Å²) in [5.41, 5.74) is 2.11. The van der Waals surface area contributed by atoms with Crippen LogP contribution in [0.5, 0.6) is 0 Å². The van der Waals surface area contributed by atoms with Crippen LogP contribution in [0.25, 0.3) is 0 Å². The first-order valence-electron chi connectivity index (χ1n) is 8.98. The van der Waals surface area contributed by atoms with Crippen molar-refractivity contribution < 1.29 is 4.79 Å². The van der Waals surface area contributed by atoms with Gasteiger partial charge in [0, 0.05) is 36.4 Å². The van der Waals surface area contributed by atoms with Gasteiger partial charge < -0.3 is 9.88 Å². The Labute approximate surface area is 135 Å². The van der Waals surface area contributed by atoms with Crippen LogP contribution >= 0.6 is 0 Å². The van der Waals surface area contributed by atoms with E-state index >= 15 is 0 Å². The number of rotatable bonds is 1. The number of amides is 1. The Morgan fingerprint density at radius 1 is 1.26 bits per heavy atom. The molecular formula is C18H23N3O2. The molecule has 1 aromatic heterocycles. The number of hydrogen-bond donors (Lipinski definition) is 1. The molecule has 3 unspecified atom stereocenters. The summed E-state index contributed by atoms with van der Waals surface area (Å²) in [5, 5.41) is 0. The smallest absolute Gasteiger partial charge is 0.254 e. The van der Waals surface area contributed by atoms with E-state index < -0.39 is 0 Å². The Bertz CT molecular complexity index is 749. The summed E-state index contributed by atoms with van der Waals surface area (Å²) in [6, 6.07) is 0.456. The Hall–Kier alpha value is -1.65. The number of H-pyrrole nitrogens is 1. The van der Waals surface area contributed by atoms with Crippen molar-refractivity contribution in [1.29, 1.82) is 0 Å². The first-order valence-corrected chi connectivity index (χ1v) is 8.98. The summed E-state index contributed by atoms with van der Waals surface area (Å²) in [6.07, 6.45) is 8.40. The molecule has 3 atom stereocenters. The summed E-state index contributed by atoms with van der Waals surface area (Å²) in [6.45, 7) is 1.83. The quantitative estimate of drug-likeness (QED) is 0.858. The van der Waals surface area contributed by atoms with Crippen LogP contribution in [0.2, 0.25) is 0 Å². The highest BCUT2D eigenvalue weighted by Gasteiger charge is 2.63. The van der Waals surface area contributed by atoms with Crippen molar-refractivity contribution in [2.24, 2.45) is 11.3 Å². The van der Waals surface area contributed by atoms with Crippen LogP contribution < -0.4 is 5.56 Å². The van der Waals surface area contributed by atoms with Crippen LogP contribution in [-0.4, -0.2) is 32.9 Å². The molecule has 0 aromatic carbocycles. The van der Waals surface area contributed by atoms with E-state index in [9.17, 15) is 9.59 Å². The summed E-state index contributed by atoms with van der Waals surface area (Å²) < 4.78 is 0. The second-order valence-corrected chi connectivity index (χ2v) is 8.09. The summed E-state index contributed by atoms with van der Waals surface area (Å²) in [5.74, 6) is 1.33. The van der Waals surface area contributed by atoms with Gasteiger partial charge in [-0.1, -0.05) is 6.42 Å². The van der Waals surface area contributed by atoms with Gasteiger partial charge in [0.25, 0.3) is 5.56 Å². The second-order valence-electron chi connectivity index (χ2n) is 8.09. The van der Waals surface area contributed by atoms with E-state index in [2.05, 4.69) is 14.9 Å². The molecule has 1 N–H and O–H groups in total. The second kappa shape index (κ2) is 4.46. The fraction of sp³-hybridized carbons (Fsp3) is 0.722. The average molecular weight is 313 g/mol. The standard InChI is InChI=1S/C18H23N3O2/c1-10-19-15-8-12-4-3-11(7-13(15)16(22)20-10)21(12)17(23)14-9-18(14)5-2-6-18/h11-12,14H,2-9H2,1H3,(H,19,20,22). The van der Waals surface area contributed by atoms with Crippen molar-refractivity contribution in [2.75, 3.05) is 0 Å². The monoisotopic (exact) mass is 313 g/mol. The summed E-state index contributed by atoms with van der Waals surface area (Å²) in [7, 11) is 0. The third kappa shape index (κ3) is 1.88. The highest BCUT2D eigenvalue weighted by molar-refractivity contribution is 5.84. The fourth-order valence-corrected chi connectivity index (χ4v) is 5.29. The lowest BCUT2D eigenvalue weighted by Gasteiger charge is -2.32. The predicted octanol–water partition coefficient (Wildman–Crippen LogP) is 1.73. The minimum Gasteiger partial charge on any atom is -0.336 e. The van der Waals surface area contributed by atoms with Crippen LogP contribution in [0.3, 0.4) is 0 Å². The minimum atomic E-state index is -0.00525. The van der Waals surface area contributed by atoms with Crippen LogP contribution in [0, 0.1) is 18.3 Å². The van der Waals surface area contributed by atoms with Crippen LogP contribution in [-0.2, 0) is 17.6 Å². The normalized spacial score (nSPS) is 33.1. The van der Waals surface area contributed by atoms with E-state index in [0.29, 0.717) is 23.6 Å². The first-order chi connectivity index (χ1) is 11.1. The van der Waals surface area contributed by atoms with Gasteiger partial charge in [-0.25, -0.2) is 4.98 Å². The Kier molecular flexibility index (Phi) is 2.67. The third-order valence-corrected chi connectivity index (χ3v) is 6.80. The van der Waals surface area contributed by atoms with E-state index in [-0.39, 0.29) is 23.6 Å². The molecule has 23 heavy (non-hydrogen) atoms. The number of nitrogens with zero attached hydrogens (tertiary/aromatic N) is 2. The lowest BCUT2D eigenvalue weighted by molar-refractivity contribution is -0.136. The van der Waals surface area contributed by atoms with Gasteiger partial charge in [-0.05, 0) is 44.4 Å². The van der Waals surface area contributed by atoms with Crippen LogP contribution in [0.15, 0.2) is 4.79 Å². The van der Waals surface area contributed by atoms with E-state index in [1.54, 1.807) is 0 Å². The Morgan fingerprint density at radius 3 is 2.65 bits per heavy atom. The van der Waals surface area contributed by atoms with Crippen LogP contribution in [0.4, 0.5) is 0 Å². The lowest BCUT2D eigenvalue weighted by atomic mass is 9.79. The van der Waals surface area contributed by atoms with Crippen molar-refractivity contribution in [3.8, 4) is 0 Å². The van der Waals surface area contributed by atoms with Crippen molar-refractivity contribution in [3.63, 3.8) is 0 Å². The molecule has 1 saturated heterocycles. The highest BCUT2D eigenvalue weighted by Crippen LogP contribution is 2.66. The third-order valence-electron chi connectivity index (χ3n) is 6.80. The van der Waals surface area contributed by atoms with Gasteiger partial charge in [0.1, 0.15) is 5.82 Å². The molecule has 5 heteroatoms. The van der Waals surface area contributed by atoms with Gasteiger partial charge in [-0.3, -0.25) is 9.59 Å². The molecule has 4 aliphatic rings. The van der Waals surface area contributed by atoms with Gasteiger partial charge >= 0.3 is 0 Å². The molecule has 0 radical (unpaired) electrons. The van der Waals surface area contributed by atoms with Crippen molar-refractivity contribution >= 4 is 5.91 Å². The maximum absolute atomic E-state index is 13.1. The van der Waals surface area contributed by atoms with Crippen molar-refractivity contribution in [2.45, 2.75) is 70.4 Å². The lowest BCUT2D eigenvalue weighted by Crippen LogP contribution is -2.44. The van der Waals surface area contributed by atoms with Crippen LogP contribution in [0.1, 0.15) is 55.6 Å². The Morgan fingerprint density at radius 2 is 2.00 bits per heavy atom. The zero-order chi connectivity index (χ0) is 15.8. The zero-order valence-electron chi connectivity index (χ0n) is 13.6. The first kappa shape index (κ1) is 13.8. The van der Waals surface area contributed by atoms with Crippen molar-refractivity contribution in [3.05, 3.63) is 27.4 Å². The fourth-order valence-electron chi connectivity index (χ4n) is 5.29. The molecule has 2 aliphatic heterocycles. The summed E-state index contributed by atoms with van der Waals surface area (Å²) >= 11 is 0. The molecule has 3 heterocycles. The predicted molar refractivity (Wildman–Crippen MR) is 85.0 cm³/mol. The highest BCUT2D eigenvalue weighted by atomic mass is 16.2. The molecule has 1 amide bonds. The molecule has 2 saturated carbocycles. The van der Waals surface area contributed by atoms with Gasteiger partial charge in [-0.15, -0.1) is 0 Å². The number of aryl methyl sites for hydroxylation is 1. The molecule has 1 spiro atoms. The topological polar surface area (TPSA) is 66.1 Å². The molecule has 1 aromatic rings. The number of fused-ring (bicyclic) bond motifs is 3. The number of carbonyl (C=O) groups is 1.